The van der Waals surface area contributed by atoms with E-state index >= 15 is 0 Å². The monoisotopic (exact) mass is 280 g/mol. The van der Waals surface area contributed by atoms with E-state index in [1.165, 1.54) is 11.5 Å². The van der Waals surface area contributed by atoms with Crippen LogP contribution in [0.1, 0.15) is 42.1 Å². The Balaban J connectivity index is 1.84. The number of rotatable bonds is 3. The van der Waals surface area contributed by atoms with E-state index in [1.807, 2.05) is 0 Å². The minimum atomic E-state index is 0.141. The number of nitrogens with one attached hydrogen (secondary N) is 1. The normalized spacial score (nSPS) is 29.8. The summed E-state index contributed by atoms with van der Waals surface area (Å²) in [6, 6.07) is 0.695. The molecule has 2 aliphatic rings. The van der Waals surface area contributed by atoms with E-state index in [2.05, 4.69) is 33.7 Å². The van der Waals surface area contributed by atoms with Gasteiger partial charge in [0.25, 0.3) is 5.91 Å². The van der Waals surface area contributed by atoms with Crippen LogP contribution in [0.5, 0.6) is 0 Å². The minimum absolute atomic E-state index is 0.141. The van der Waals surface area contributed by atoms with E-state index in [9.17, 15) is 4.79 Å². The predicted molar refractivity (Wildman–Crippen MR) is 74.3 cm³/mol. The molecule has 1 amide bonds. The minimum Gasteiger partial charge on any atom is -0.331 e. The van der Waals surface area contributed by atoms with Crippen LogP contribution < -0.4 is 5.32 Å². The molecule has 104 valence electrons. The van der Waals surface area contributed by atoms with E-state index < -0.39 is 0 Å². The Morgan fingerprint density at radius 1 is 1.53 bits per heavy atom. The second-order valence-corrected chi connectivity index (χ2v) is 6.34. The molecular weight excluding hydrogens is 260 g/mol. The largest absolute Gasteiger partial charge is 0.331 e. The van der Waals surface area contributed by atoms with E-state index in [-0.39, 0.29) is 5.91 Å². The molecule has 1 N–H and O–H groups in total. The van der Waals surface area contributed by atoms with E-state index in [0.717, 1.165) is 42.9 Å². The quantitative estimate of drug-likeness (QED) is 0.907. The van der Waals surface area contributed by atoms with Gasteiger partial charge in [-0.2, -0.15) is 0 Å². The standard InChI is InChI=1S/C13H20N4OS/c1-3-4-10-12(19-16-15-10)13(18)17-8(2)5-9-6-14-7-11(9)17/h8-9,11,14H,3-7H2,1-2H3. The third-order valence-electron chi connectivity index (χ3n) is 4.25. The van der Waals surface area contributed by atoms with E-state index in [4.69, 9.17) is 0 Å². The summed E-state index contributed by atoms with van der Waals surface area (Å²) < 4.78 is 3.97. The molecule has 19 heavy (non-hydrogen) atoms. The summed E-state index contributed by atoms with van der Waals surface area (Å²) in [6.07, 6.45) is 2.94. The fraction of sp³-hybridized carbons (Fsp3) is 0.769. The van der Waals surface area contributed by atoms with Gasteiger partial charge < -0.3 is 10.2 Å². The highest BCUT2D eigenvalue weighted by atomic mass is 32.1. The highest BCUT2D eigenvalue weighted by Crippen LogP contribution is 2.34. The van der Waals surface area contributed by atoms with Crippen molar-refractivity contribution in [2.45, 2.75) is 45.2 Å². The molecule has 3 rings (SSSR count). The number of aryl methyl sites for hydroxylation is 1. The summed E-state index contributed by atoms with van der Waals surface area (Å²) in [5.41, 5.74) is 0.874. The molecule has 2 aliphatic heterocycles. The molecule has 0 bridgehead atoms. The number of nitrogens with zero attached hydrogens (tertiary/aromatic N) is 3. The number of fused-ring (bicyclic) bond motifs is 1. The topological polar surface area (TPSA) is 58.1 Å². The summed E-state index contributed by atoms with van der Waals surface area (Å²) in [7, 11) is 0. The molecule has 0 spiro atoms. The number of amides is 1. The zero-order chi connectivity index (χ0) is 13.4. The molecule has 0 radical (unpaired) electrons. The summed E-state index contributed by atoms with van der Waals surface area (Å²) in [4.78, 5) is 15.6. The molecule has 3 heterocycles. The van der Waals surface area contributed by atoms with Gasteiger partial charge in [0.05, 0.1) is 5.69 Å². The first-order valence-corrected chi connectivity index (χ1v) is 7.84. The first-order chi connectivity index (χ1) is 9.22. The lowest BCUT2D eigenvalue weighted by Gasteiger charge is -2.27. The van der Waals surface area contributed by atoms with Crippen molar-refractivity contribution in [2.75, 3.05) is 13.1 Å². The molecule has 2 fully saturated rings. The second kappa shape index (κ2) is 5.17. The molecule has 5 nitrogen and oxygen atoms in total. The number of likely N-dealkylation sites (tertiary alicyclic amines) is 1. The van der Waals surface area contributed by atoms with Gasteiger partial charge in [-0.1, -0.05) is 17.8 Å². The molecular formula is C13H20N4OS. The fourth-order valence-corrected chi connectivity index (χ4v) is 4.06. The van der Waals surface area contributed by atoms with Crippen LogP contribution in [0.15, 0.2) is 0 Å². The van der Waals surface area contributed by atoms with Crippen molar-refractivity contribution in [3.05, 3.63) is 10.6 Å². The average Bonchev–Trinajstić information content (AvgIpc) is 3.04. The predicted octanol–water partition coefficient (Wildman–Crippen LogP) is 1.31. The molecule has 3 unspecified atom stereocenters. The highest BCUT2D eigenvalue weighted by Gasteiger charge is 2.45. The van der Waals surface area contributed by atoms with E-state index in [1.54, 1.807) is 0 Å². The zero-order valence-corrected chi connectivity index (χ0v) is 12.2. The lowest BCUT2D eigenvalue weighted by Crippen LogP contribution is -2.42. The number of hydrogen-bond acceptors (Lipinski definition) is 5. The van der Waals surface area contributed by atoms with Gasteiger partial charge in [-0.25, -0.2) is 0 Å². The molecule has 1 aromatic rings. The van der Waals surface area contributed by atoms with E-state index in [0.29, 0.717) is 18.0 Å². The van der Waals surface area contributed by atoms with Crippen LogP contribution in [0, 0.1) is 5.92 Å². The van der Waals surface area contributed by atoms with Gasteiger partial charge in [0.2, 0.25) is 0 Å². The summed E-state index contributed by atoms with van der Waals surface area (Å²) in [5.74, 6) is 0.761. The lowest BCUT2D eigenvalue weighted by molar-refractivity contribution is 0.0686. The van der Waals surface area contributed by atoms with Gasteiger partial charge in [-0.3, -0.25) is 4.79 Å². The fourth-order valence-electron chi connectivity index (χ4n) is 3.40. The molecule has 6 heteroatoms. The van der Waals surface area contributed by atoms with Crippen molar-refractivity contribution < 1.29 is 4.79 Å². The Kier molecular flexibility index (Phi) is 3.54. The number of aromatic nitrogens is 2. The van der Waals surface area contributed by atoms with Crippen LogP contribution in [-0.2, 0) is 6.42 Å². The van der Waals surface area contributed by atoms with Crippen molar-refractivity contribution in [2.24, 2.45) is 5.92 Å². The first kappa shape index (κ1) is 13.0. The third-order valence-corrected chi connectivity index (χ3v) is 5.01. The molecule has 1 aromatic heterocycles. The van der Waals surface area contributed by atoms with Crippen molar-refractivity contribution in [3.63, 3.8) is 0 Å². The Labute approximate surface area is 117 Å². The van der Waals surface area contributed by atoms with Crippen molar-refractivity contribution in [3.8, 4) is 0 Å². The van der Waals surface area contributed by atoms with Crippen LogP contribution in [0.2, 0.25) is 0 Å². The summed E-state index contributed by atoms with van der Waals surface area (Å²) in [6.45, 7) is 6.23. The van der Waals surface area contributed by atoms with Gasteiger partial charge in [-0.15, -0.1) is 5.10 Å². The van der Waals surface area contributed by atoms with Gasteiger partial charge in [0.15, 0.2) is 0 Å². The smallest absolute Gasteiger partial charge is 0.268 e. The Morgan fingerprint density at radius 3 is 3.16 bits per heavy atom. The lowest BCUT2D eigenvalue weighted by atomic mass is 10.0. The van der Waals surface area contributed by atoms with Gasteiger partial charge in [0, 0.05) is 25.2 Å². The third kappa shape index (κ3) is 2.17. The highest BCUT2D eigenvalue weighted by molar-refractivity contribution is 7.08. The molecule has 2 saturated heterocycles. The molecule has 0 aliphatic carbocycles. The SMILES string of the molecule is CCCc1nnsc1C(=O)N1C(C)CC2CNCC21. The Bertz CT molecular complexity index is 475. The maximum absolute atomic E-state index is 12.8. The number of hydrogen-bond donors (Lipinski definition) is 1. The molecule has 0 aromatic carbocycles. The van der Waals surface area contributed by atoms with Gasteiger partial charge in [-0.05, 0) is 37.2 Å². The van der Waals surface area contributed by atoms with Crippen molar-refractivity contribution >= 4 is 17.4 Å². The van der Waals surface area contributed by atoms with Crippen LogP contribution in [0.3, 0.4) is 0 Å². The van der Waals surface area contributed by atoms with Gasteiger partial charge in [0.1, 0.15) is 4.88 Å². The van der Waals surface area contributed by atoms with Crippen molar-refractivity contribution in [1.29, 1.82) is 0 Å². The Hall–Kier alpha value is -1.01. The van der Waals surface area contributed by atoms with Crippen LogP contribution in [0.4, 0.5) is 0 Å². The zero-order valence-electron chi connectivity index (χ0n) is 11.4. The maximum atomic E-state index is 12.8. The summed E-state index contributed by atoms with van der Waals surface area (Å²) in [5, 5.41) is 7.51. The van der Waals surface area contributed by atoms with Crippen molar-refractivity contribution in [1.82, 2.24) is 19.8 Å². The summed E-state index contributed by atoms with van der Waals surface area (Å²) >= 11 is 1.25. The molecule has 0 saturated carbocycles. The number of carbonyl (C=O) groups excluding carboxylic acids is 1. The van der Waals surface area contributed by atoms with Gasteiger partial charge >= 0.3 is 0 Å². The van der Waals surface area contributed by atoms with Crippen LogP contribution >= 0.6 is 11.5 Å². The maximum Gasteiger partial charge on any atom is 0.268 e. The Morgan fingerprint density at radius 2 is 2.37 bits per heavy atom. The van der Waals surface area contributed by atoms with Crippen LogP contribution in [-0.4, -0.2) is 45.6 Å². The average molecular weight is 280 g/mol. The second-order valence-electron chi connectivity index (χ2n) is 5.58. The first-order valence-electron chi connectivity index (χ1n) is 7.07. The number of carbonyl (C=O) groups is 1. The van der Waals surface area contributed by atoms with Crippen LogP contribution in [0.25, 0.3) is 0 Å². The molecule has 3 atom stereocenters.